The van der Waals surface area contributed by atoms with Gasteiger partial charge in [0.05, 0.1) is 11.4 Å². The fraction of sp³-hybridized carbons (Fsp3) is 0.174. The van der Waals surface area contributed by atoms with Crippen molar-refractivity contribution in [3.05, 3.63) is 78.1 Å². The van der Waals surface area contributed by atoms with Crippen molar-refractivity contribution in [2.75, 3.05) is 5.73 Å². The van der Waals surface area contributed by atoms with Gasteiger partial charge in [-0.1, -0.05) is 12.1 Å². The predicted octanol–water partition coefficient (Wildman–Crippen LogP) is 4.32. The van der Waals surface area contributed by atoms with Gasteiger partial charge in [0.1, 0.15) is 11.9 Å². The fourth-order valence-electron chi connectivity index (χ4n) is 3.87. The van der Waals surface area contributed by atoms with E-state index < -0.39 is 17.8 Å². The molecule has 1 aromatic carbocycles. The number of rotatable bonds is 5. The van der Waals surface area contributed by atoms with E-state index in [-0.39, 0.29) is 11.5 Å². The highest BCUT2D eigenvalue weighted by Crippen LogP contribution is 2.36. The maximum atomic E-state index is 14.6. The molecule has 5 rings (SSSR count). The minimum atomic E-state index is -3.15. The summed E-state index contributed by atoms with van der Waals surface area (Å²) in [6, 6.07) is 8.78. The maximum Gasteiger partial charge on any atom is 0.271 e. The lowest BCUT2D eigenvalue weighted by atomic mass is 10.0. The largest absolute Gasteiger partial charge is 0.366 e. The monoisotopic (exact) mass is 464 g/mol. The van der Waals surface area contributed by atoms with Crippen molar-refractivity contribution in [3.8, 4) is 22.6 Å². The Morgan fingerprint density at radius 1 is 1.03 bits per heavy atom. The molecule has 0 aliphatic carbocycles. The van der Waals surface area contributed by atoms with E-state index in [0.717, 1.165) is 19.1 Å². The van der Waals surface area contributed by atoms with Crippen LogP contribution in [0.25, 0.3) is 28.3 Å². The van der Waals surface area contributed by atoms with E-state index in [1.54, 1.807) is 37.5 Å². The van der Waals surface area contributed by atoms with Crippen LogP contribution in [0.2, 0.25) is 0 Å². The first-order chi connectivity index (χ1) is 16.2. The van der Waals surface area contributed by atoms with E-state index in [9.17, 15) is 13.2 Å². The summed E-state index contributed by atoms with van der Waals surface area (Å²) in [6.07, 6.45) is 4.81. The molecule has 0 saturated carbocycles. The maximum absolute atomic E-state index is 14.6. The first-order valence-corrected chi connectivity index (χ1v) is 10.3. The summed E-state index contributed by atoms with van der Waals surface area (Å²) in [5.41, 5.74) is 8.74. The summed E-state index contributed by atoms with van der Waals surface area (Å²) >= 11 is 0. The Bertz CT molecular complexity index is 1480. The van der Waals surface area contributed by atoms with Crippen LogP contribution in [-0.4, -0.2) is 40.3 Å². The normalized spacial score (nSPS) is 12.9. The molecule has 0 fully saturated rings. The molecule has 4 aromatic heterocycles. The predicted molar refractivity (Wildman–Crippen MR) is 120 cm³/mol. The summed E-state index contributed by atoms with van der Waals surface area (Å²) in [4.78, 5) is 13.1. The van der Waals surface area contributed by atoms with E-state index in [2.05, 4.69) is 25.1 Å². The second-order valence-electron chi connectivity index (χ2n) is 7.97. The van der Waals surface area contributed by atoms with Crippen LogP contribution < -0.4 is 5.73 Å². The van der Waals surface area contributed by atoms with Crippen LogP contribution in [0, 0.1) is 12.7 Å². The molecule has 2 N–H and O–H groups in total. The minimum Gasteiger partial charge on any atom is -0.366 e. The number of alkyl halides is 2. The highest BCUT2D eigenvalue weighted by atomic mass is 19.3. The van der Waals surface area contributed by atoms with Crippen LogP contribution in [0.15, 0.2) is 61.1 Å². The van der Waals surface area contributed by atoms with E-state index in [0.29, 0.717) is 34.0 Å². The Morgan fingerprint density at radius 3 is 2.53 bits per heavy atom. The number of pyridine rings is 1. The lowest BCUT2D eigenvalue weighted by molar-refractivity contribution is -0.0217. The van der Waals surface area contributed by atoms with Gasteiger partial charge in [-0.3, -0.25) is 4.68 Å². The molecule has 0 aliphatic heterocycles. The third-order valence-corrected chi connectivity index (χ3v) is 5.39. The molecule has 34 heavy (non-hydrogen) atoms. The van der Waals surface area contributed by atoms with Gasteiger partial charge in [-0.2, -0.15) is 10.1 Å². The van der Waals surface area contributed by atoms with Gasteiger partial charge < -0.3 is 5.73 Å². The molecule has 172 valence electrons. The number of aromatic nitrogens is 7. The van der Waals surface area contributed by atoms with Crippen LogP contribution in [0.4, 0.5) is 19.1 Å². The SMILES string of the molecule is Cc1nn(C(c2ccc(F)cc2)C(C)(F)F)cc1-c1ccnc(-c2ccn3nc(N)nc3c2)n1. The molecule has 0 spiro atoms. The number of benzene rings is 1. The van der Waals surface area contributed by atoms with Gasteiger partial charge in [-0.15, -0.1) is 5.10 Å². The number of anilines is 1. The molecule has 0 bridgehead atoms. The van der Waals surface area contributed by atoms with Crippen molar-refractivity contribution < 1.29 is 13.2 Å². The summed E-state index contributed by atoms with van der Waals surface area (Å²) in [6.45, 7) is 2.53. The van der Waals surface area contributed by atoms with Crippen molar-refractivity contribution in [2.45, 2.75) is 25.8 Å². The van der Waals surface area contributed by atoms with Crippen molar-refractivity contribution in [3.63, 3.8) is 0 Å². The Labute approximate surface area is 191 Å². The minimum absolute atomic E-state index is 0.151. The average molecular weight is 464 g/mol. The Balaban J connectivity index is 1.55. The molecule has 5 aromatic rings. The van der Waals surface area contributed by atoms with E-state index in [4.69, 9.17) is 5.73 Å². The summed E-state index contributed by atoms with van der Waals surface area (Å²) in [5.74, 6) is -3.08. The summed E-state index contributed by atoms with van der Waals surface area (Å²) in [7, 11) is 0. The molecular weight excluding hydrogens is 445 g/mol. The van der Waals surface area contributed by atoms with Crippen LogP contribution in [-0.2, 0) is 0 Å². The Hall–Kier alpha value is -4.28. The van der Waals surface area contributed by atoms with Gasteiger partial charge in [0.2, 0.25) is 5.95 Å². The van der Waals surface area contributed by atoms with Crippen LogP contribution in [0.5, 0.6) is 0 Å². The number of nitrogen functional groups attached to an aromatic ring is 1. The highest BCUT2D eigenvalue weighted by molar-refractivity contribution is 5.66. The molecule has 0 radical (unpaired) electrons. The molecule has 11 heteroatoms. The lowest BCUT2D eigenvalue weighted by Gasteiger charge is -2.24. The first kappa shape index (κ1) is 21.6. The molecule has 0 amide bonds. The van der Waals surface area contributed by atoms with Gasteiger partial charge >= 0.3 is 0 Å². The number of hydrogen-bond acceptors (Lipinski definition) is 6. The third-order valence-electron chi connectivity index (χ3n) is 5.39. The lowest BCUT2D eigenvalue weighted by Crippen LogP contribution is -2.29. The first-order valence-electron chi connectivity index (χ1n) is 10.3. The zero-order valence-electron chi connectivity index (χ0n) is 18.2. The Morgan fingerprint density at radius 2 is 1.79 bits per heavy atom. The second kappa shape index (κ2) is 7.94. The zero-order valence-corrected chi connectivity index (χ0v) is 18.2. The van der Waals surface area contributed by atoms with Crippen molar-refractivity contribution >= 4 is 11.6 Å². The van der Waals surface area contributed by atoms with Crippen molar-refractivity contribution in [1.29, 1.82) is 0 Å². The van der Waals surface area contributed by atoms with E-state index in [1.807, 2.05) is 0 Å². The van der Waals surface area contributed by atoms with Crippen LogP contribution in [0.1, 0.15) is 24.2 Å². The van der Waals surface area contributed by atoms with E-state index >= 15 is 0 Å². The number of nitrogens with two attached hydrogens (primary N) is 1. The number of hydrogen-bond donors (Lipinski definition) is 1. The molecule has 4 heterocycles. The summed E-state index contributed by atoms with van der Waals surface area (Å²) < 4.78 is 45.3. The van der Waals surface area contributed by atoms with Gasteiger partial charge in [0, 0.05) is 36.6 Å². The number of halogens is 3. The van der Waals surface area contributed by atoms with Crippen molar-refractivity contribution in [1.82, 2.24) is 34.3 Å². The van der Waals surface area contributed by atoms with Gasteiger partial charge in [0.25, 0.3) is 5.92 Å². The summed E-state index contributed by atoms with van der Waals surface area (Å²) in [5, 5.41) is 8.39. The second-order valence-corrected chi connectivity index (χ2v) is 7.97. The van der Waals surface area contributed by atoms with Gasteiger partial charge in [-0.25, -0.2) is 27.7 Å². The Kier molecular flexibility index (Phi) is 5.03. The standard InChI is InChI=1S/C23H19F3N8/c1-13-17(12-34(31-13)20(23(2,25)26)14-3-5-16(24)6-4-14)18-7-9-28-21(29-18)15-8-10-33-19(11-15)30-22(27)32-33/h3-12,20H,1-2H3,(H2,27,32). The molecule has 8 nitrogen and oxygen atoms in total. The number of nitrogens with zero attached hydrogens (tertiary/aromatic N) is 7. The smallest absolute Gasteiger partial charge is 0.271 e. The average Bonchev–Trinajstić information content (AvgIpc) is 3.35. The number of fused-ring (bicyclic) bond motifs is 1. The number of aryl methyl sites for hydroxylation is 1. The van der Waals surface area contributed by atoms with Gasteiger partial charge in [-0.05, 0) is 42.8 Å². The van der Waals surface area contributed by atoms with Crippen molar-refractivity contribution in [2.24, 2.45) is 0 Å². The quantitative estimate of drug-likeness (QED) is 0.416. The fourth-order valence-corrected chi connectivity index (χ4v) is 3.87. The van der Waals surface area contributed by atoms with Crippen LogP contribution in [0.3, 0.4) is 0 Å². The highest BCUT2D eigenvalue weighted by Gasteiger charge is 2.38. The third kappa shape index (κ3) is 3.96. The molecular formula is C23H19F3N8. The molecule has 0 aliphatic rings. The van der Waals surface area contributed by atoms with Crippen LogP contribution >= 0.6 is 0 Å². The zero-order chi connectivity index (χ0) is 24.0. The molecule has 0 saturated heterocycles. The van der Waals surface area contributed by atoms with E-state index in [1.165, 1.54) is 27.5 Å². The molecule has 1 atom stereocenters. The molecule has 1 unspecified atom stereocenters. The topological polar surface area (TPSA) is 99.8 Å². The van der Waals surface area contributed by atoms with Gasteiger partial charge in [0.15, 0.2) is 11.5 Å².